The molecule has 0 bridgehead atoms. The second-order valence-electron chi connectivity index (χ2n) is 10.4. The van der Waals surface area contributed by atoms with Crippen molar-refractivity contribution in [2.75, 3.05) is 70.5 Å². The summed E-state index contributed by atoms with van der Waals surface area (Å²) in [5, 5.41) is 33.1. The summed E-state index contributed by atoms with van der Waals surface area (Å²) in [5.41, 5.74) is 1.71. The van der Waals surface area contributed by atoms with E-state index in [0.29, 0.717) is 17.9 Å². The minimum Gasteiger partial charge on any atom is -0.494 e. The highest BCUT2D eigenvalue weighted by Gasteiger charge is 2.19. The van der Waals surface area contributed by atoms with Crippen LogP contribution in [0.15, 0.2) is 64.8 Å². The van der Waals surface area contributed by atoms with Crippen molar-refractivity contribution in [1.29, 1.82) is 0 Å². The summed E-state index contributed by atoms with van der Waals surface area (Å²) in [6.45, 7) is 5.48. The maximum atomic E-state index is 12.6. The van der Waals surface area contributed by atoms with Gasteiger partial charge in [0.1, 0.15) is 12.5 Å². The van der Waals surface area contributed by atoms with Gasteiger partial charge in [-0.2, -0.15) is 0 Å². The summed E-state index contributed by atoms with van der Waals surface area (Å²) >= 11 is 1.79. The molecule has 1 unspecified atom stereocenters. The van der Waals surface area contributed by atoms with Crippen LogP contribution in [0.5, 0.6) is 5.75 Å². The number of unbranched alkanes of at least 4 members (excludes halogenated alkanes) is 1. The molecule has 0 aliphatic carbocycles. The van der Waals surface area contributed by atoms with Gasteiger partial charge in [0.2, 0.25) is 6.41 Å². The lowest BCUT2D eigenvalue weighted by atomic mass is 10.2. The van der Waals surface area contributed by atoms with Gasteiger partial charge in [0, 0.05) is 67.2 Å². The van der Waals surface area contributed by atoms with Gasteiger partial charge < -0.3 is 29.7 Å². The van der Waals surface area contributed by atoms with Gasteiger partial charge in [-0.05, 0) is 66.6 Å². The molecule has 2 aromatic carbocycles. The van der Waals surface area contributed by atoms with Gasteiger partial charge in [-0.25, -0.2) is 0 Å². The zero-order valence-corrected chi connectivity index (χ0v) is 24.6. The standard InChI is InChI=1S/C31H40N4O6S/c36-18-16-34(17-19-37)31(39)41-23-35-28-22-25(8-6-24(28)7-9-30(35)38)40-20-2-1-11-32-12-14-33(15-13-32)27-4-3-5-29-26(27)10-21-42-29/h3-10,21-22,31,36-37,39H,1-2,11-20,23H2. The fourth-order valence-electron chi connectivity index (χ4n) is 5.42. The zero-order chi connectivity index (χ0) is 29.3. The molecular formula is C31H40N4O6S. The first-order chi connectivity index (χ1) is 20.6. The third-order valence-electron chi connectivity index (χ3n) is 7.73. The third-order valence-corrected chi connectivity index (χ3v) is 8.61. The van der Waals surface area contributed by atoms with E-state index in [2.05, 4.69) is 39.4 Å². The molecule has 1 aliphatic heterocycles. The molecule has 0 saturated carbocycles. The number of fused-ring (bicyclic) bond motifs is 2. The van der Waals surface area contributed by atoms with Crippen molar-refractivity contribution >= 4 is 38.0 Å². The number of aromatic nitrogens is 1. The molecule has 1 fully saturated rings. The minimum absolute atomic E-state index is 0.132. The van der Waals surface area contributed by atoms with Crippen LogP contribution in [0, 0.1) is 0 Å². The number of aliphatic hydroxyl groups is 3. The maximum Gasteiger partial charge on any atom is 0.252 e. The number of benzene rings is 2. The van der Waals surface area contributed by atoms with Crippen LogP contribution in [0.2, 0.25) is 0 Å². The first kappa shape index (κ1) is 30.4. The number of ether oxygens (including phenoxy) is 2. The molecule has 3 heterocycles. The second kappa shape index (κ2) is 14.9. The Morgan fingerprint density at radius 1 is 0.952 bits per heavy atom. The highest BCUT2D eigenvalue weighted by molar-refractivity contribution is 7.17. The molecule has 1 saturated heterocycles. The molecule has 1 aliphatic rings. The normalized spacial score (nSPS) is 15.2. The Hall–Kier alpha value is -3.03. The molecule has 42 heavy (non-hydrogen) atoms. The average Bonchev–Trinajstić information content (AvgIpc) is 3.50. The van der Waals surface area contributed by atoms with Gasteiger partial charge in [-0.1, -0.05) is 6.07 Å². The summed E-state index contributed by atoms with van der Waals surface area (Å²) in [6.07, 6.45) is 0.598. The fraction of sp³-hybridized carbons (Fsp3) is 0.452. The number of thiophene rings is 1. The van der Waals surface area contributed by atoms with E-state index in [1.54, 1.807) is 17.4 Å². The predicted octanol–water partition coefficient (Wildman–Crippen LogP) is 2.73. The van der Waals surface area contributed by atoms with Crippen LogP contribution in [0.4, 0.5) is 5.69 Å². The van der Waals surface area contributed by atoms with E-state index in [9.17, 15) is 20.1 Å². The maximum absolute atomic E-state index is 12.6. The molecule has 226 valence electrons. The van der Waals surface area contributed by atoms with Gasteiger partial charge in [0.05, 0.1) is 25.3 Å². The monoisotopic (exact) mass is 596 g/mol. The third kappa shape index (κ3) is 7.48. The van der Waals surface area contributed by atoms with Gasteiger partial charge in [0.25, 0.3) is 5.56 Å². The molecular weight excluding hydrogens is 556 g/mol. The van der Waals surface area contributed by atoms with Crippen molar-refractivity contribution in [3.63, 3.8) is 0 Å². The van der Waals surface area contributed by atoms with E-state index in [0.717, 1.165) is 51.0 Å². The lowest BCUT2D eigenvalue weighted by Crippen LogP contribution is -2.46. The van der Waals surface area contributed by atoms with Crippen LogP contribution in [-0.2, 0) is 11.5 Å². The smallest absolute Gasteiger partial charge is 0.252 e. The minimum atomic E-state index is -1.37. The van der Waals surface area contributed by atoms with Crippen LogP contribution in [0.1, 0.15) is 12.8 Å². The van der Waals surface area contributed by atoms with Crippen molar-refractivity contribution in [3.05, 3.63) is 70.3 Å². The molecule has 4 aromatic rings. The van der Waals surface area contributed by atoms with Gasteiger partial charge in [-0.15, -0.1) is 11.3 Å². The fourth-order valence-corrected chi connectivity index (χ4v) is 6.23. The molecule has 0 spiro atoms. The predicted molar refractivity (Wildman–Crippen MR) is 166 cm³/mol. The van der Waals surface area contributed by atoms with Gasteiger partial charge in [-0.3, -0.25) is 19.2 Å². The van der Waals surface area contributed by atoms with Crippen LogP contribution >= 0.6 is 11.3 Å². The number of pyridine rings is 1. The van der Waals surface area contributed by atoms with Crippen molar-refractivity contribution in [3.8, 4) is 5.75 Å². The molecule has 1 atom stereocenters. The van der Waals surface area contributed by atoms with Crippen molar-refractivity contribution < 1.29 is 24.8 Å². The summed E-state index contributed by atoms with van der Waals surface area (Å²) in [4.78, 5) is 19.0. The van der Waals surface area contributed by atoms with E-state index >= 15 is 0 Å². The van der Waals surface area contributed by atoms with Crippen LogP contribution in [0.3, 0.4) is 0 Å². The lowest BCUT2D eigenvalue weighted by molar-refractivity contribution is -0.214. The topological polar surface area (TPSA) is 111 Å². The van der Waals surface area contributed by atoms with Crippen LogP contribution in [-0.4, -0.2) is 102 Å². The Kier molecular flexibility index (Phi) is 10.8. The largest absolute Gasteiger partial charge is 0.494 e. The number of aliphatic hydroxyl groups excluding tert-OH is 3. The van der Waals surface area contributed by atoms with Gasteiger partial charge in [0.15, 0.2) is 0 Å². The molecule has 10 nitrogen and oxygen atoms in total. The van der Waals surface area contributed by atoms with Crippen molar-refractivity contribution in [2.24, 2.45) is 0 Å². The second-order valence-corrected chi connectivity index (χ2v) is 11.4. The number of anilines is 1. The van der Waals surface area contributed by atoms with E-state index in [-0.39, 0.29) is 38.6 Å². The summed E-state index contributed by atoms with van der Waals surface area (Å²) in [7, 11) is 0. The number of rotatable bonds is 15. The number of hydrogen-bond donors (Lipinski definition) is 3. The molecule has 3 N–H and O–H groups in total. The Bertz CT molecular complexity index is 1480. The quantitative estimate of drug-likeness (QED) is 0.141. The molecule has 0 amide bonds. The number of hydrogen-bond acceptors (Lipinski definition) is 10. The first-order valence-electron chi connectivity index (χ1n) is 14.5. The van der Waals surface area contributed by atoms with Crippen molar-refractivity contribution in [2.45, 2.75) is 26.0 Å². The van der Waals surface area contributed by atoms with E-state index in [1.807, 2.05) is 18.2 Å². The molecule has 11 heteroatoms. The summed E-state index contributed by atoms with van der Waals surface area (Å²) in [5.74, 6) is 0.667. The van der Waals surface area contributed by atoms with Gasteiger partial charge >= 0.3 is 0 Å². The van der Waals surface area contributed by atoms with Crippen LogP contribution in [0.25, 0.3) is 21.0 Å². The lowest BCUT2D eigenvalue weighted by Gasteiger charge is -2.36. The first-order valence-corrected chi connectivity index (χ1v) is 15.4. The average molecular weight is 597 g/mol. The highest BCUT2D eigenvalue weighted by Crippen LogP contribution is 2.31. The molecule has 2 aromatic heterocycles. The Labute approximate surface area is 249 Å². The van der Waals surface area contributed by atoms with Crippen molar-refractivity contribution in [1.82, 2.24) is 14.4 Å². The van der Waals surface area contributed by atoms with E-state index in [4.69, 9.17) is 9.47 Å². The highest BCUT2D eigenvalue weighted by atomic mass is 32.1. The SMILES string of the molecule is O=c1ccc2ccc(OCCCCN3CCN(c4cccc5sccc45)CC3)cc2n1COC(O)N(CCO)CCO. The zero-order valence-electron chi connectivity index (χ0n) is 23.8. The number of piperazine rings is 1. The summed E-state index contributed by atoms with van der Waals surface area (Å²) < 4.78 is 14.3. The van der Waals surface area contributed by atoms with E-state index in [1.165, 1.54) is 31.3 Å². The Balaban J connectivity index is 1.09. The Morgan fingerprint density at radius 3 is 2.52 bits per heavy atom. The molecule has 5 rings (SSSR count). The van der Waals surface area contributed by atoms with E-state index < -0.39 is 6.41 Å². The number of nitrogens with zero attached hydrogens (tertiary/aromatic N) is 4. The Morgan fingerprint density at radius 2 is 1.74 bits per heavy atom. The summed E-state index contributed by atoms with van der Waals surface area (Å²) in [6, 6.07) is 17.6. The molecule has 0 radical (unpaired) electrons. The van der Waals surface area contributed by atoms with Crippen LogP contribution < -0.4 is 15.2 Å².